The maximum Gasteiger partial charge on any atom is 0.299 e. The van der Waals surface area contributed by atoms with Gasteiger partial charge in [0, 0.05) is 0 Å². The van der Waals surface area contributed by atoms with Crippen molar-refractivity contribution in [2.75, 3.05) is 0 Å². The van der Waals surface area contributed by atoms with Gasteiger partial charge in [0.1, 0.15) is 0 Å². The topological polar surface area (TPSA) is 115 Å². The van der Waals surface area contributed by atoms with Crippen LogP contribution in [0, 0.1) is 0 Å². The van der Waals surface area contributed by atoms with Crippen LogP contribution < -0.4 is 0 Å². The molecule has 0 bridgehead atoms. The molecule has 4 N–H and O–H groups in total. The van der Waals surface area contributed by atoms with Crippen LogP contribution in [0.4, 0.5) is 0 Å². The first-order valence-electron chi connectivity index (χ1n) is 1.06. The second-order valence-corrected chi connectivity index (χ2v) is 1.38. The normalized spacial score (nSPS) is 7.78. The quantitative estimate of drug-likeness (QED) is 0.261. The molecule has 0 aliphatic heterocycles. The van der Waals surface area contributed by atoms with E-state index < -0.39 is 22.7 Å². The molecule has 0 aromatic carbocycles. The molecular weight excluding hydrogens is 188 g/mol. The van der Waals surface area contributed by atoms with Gasteiger partial charge in [-0.3, -0.25) is 18.2 Å². The summed E-state index contributed by atoms with van der Waals surface area (Å²) in [4.78, 5) is 0. The standard InChI is InChI=1S/2H2O3S.H4Si/c2*1-4(2)3;/h2*(H2,1,2,3);1H4. The molecule has 0 unspecified atom stereocenters. The molecule has 0 saturated carbocycles. The molecule has 9 heteroatoms. The highest BCUT2D eigenvalue weighted by Crippen LogP contribution is 1.44. The Labute approximate surface area is 60.9 Å². The summed E-state index contributed by atoms with van der Waals surface area (Å²) in [7, 11) is 0. The van der Waals surface area contributed by atoms with Gasteiger partial charge in [-0.1, -0.05) is 0 Å². The zero-order chi connectivity index (χ0) is 7.15. The second kappa shape index (κ2) is 11.2. The summed E-state index contributed by atoms with van der Waals surface area (Å²) in [5.74, 6) is 0. The molecule has 0 spiro atoms. The van der Waals surface area contributed by atoms with E-state index in [9.17, 15) is 0 Å². The van der Waals surface area contributed by atoms with Gasteiger partial charge in [0.2, 0.25) is 0 Å². The summed E-state index contributed by atoms with van der Waals surface area (Å²) in [5, 5.41) is 0. The molecule has 0 fully saturated rings. The van der Waals surface area contributed by atoms with Crippen LogP contribution in [-0.4, -0.2) is 37.6 Å². The summed E-state index contributed by atoms with van der Waals surface area (Å²) < 4.78 is 45.7. The molecule has 0 rings (SSSR count). The number of hydrogen-bond acceptors (Lipinski definition) is 2. The summed E-state index contributed by atoms with van der Waals surface area (Å²) >= 11 is -5.22. The minimum Gasteiger partial charge on any atom is -0.284 e. The van der Waals surface area contributed by atoms with E-state index in [1.807, 2.05) is 0 Å². The van der Waals surface area contributed by atoms with Crippen LogP contribution in [0.15, 0.2) is 0 Å². The van der Waals surface area contributed by atoms with E-state index in [1.165, 1.54) is 0 Å². The highest BCUT2D eigenvalue weighted by molar-refractivity contribution is 7.73. The van der Waals surface area contributed by atoms with Crippen molar-refractivity contribution in [3.05, 3.63) is 0 Å². The average Bonchev–Trinajstić information content (AvgIpc) is 1.25. The van der Waals surface area contributed by atoms with E-state index in [0.717, 1.165) is 0 Å². The zero-order valence-corrected chi connectivity index (χ0v) is 5.05. The van der Waals surface area contributed by atoms with E-state index in [-0.39, 0.29) is 11.0 Å². The molecule has 0 aromatic rings. The van der Waals surface area contributed by atoms with E-state index in [4.69, 9.17) is 26.6 Å². The first kappa shape index (κ1) is 16.2. The Morgan fingerprint density at radius 3 is 0.778 bits per heavy atom. The third-order valence-electron chi connectivity index (χ3n) is 0. The third kappa shape index (κ3) is 2650. The highest BCUT2D eigenvalue weighted by Gasteiger charge is 1.63. The van der Waals surface area contributed by atoms with Crippen LogP contribution in [0.25, 0.3) is 0 Å². The predicted molar refractivity (Wildman–Crippen MR) is 38.1 cm³/mol. The number of hydrogen-bond donors (Lipinski definition) is 4. The van der Waals surface area contributed by atoms with Crippen LogP contribution >= 0.6 is 0 Å². The molecule has 9 heavy (non-hydrogen) atoms. The van der Waals surface area contributed by atoms with Crippen molar-refractivity contribution in [3.63, 3.8) is 0 Å². The molecule has 60 valence electrons. The maximum atomic E-state index is 8.67. The monoisotopic (exact) mass is 196 g/mol. The van der Waals surface area contributed by atoms with Gasteiger partial charge in [-0.25, -0.2) is 0 Å². The van der Waals surface area contributed by atoms with Gasteiger partial charge < -0.3 is 0 Å². The molecule has 0 aliphatic rings. The first-order chi connectivity index (χ1) is 3.46. The Balaban J connectivity index is -0.0000000720. The van der Waals surface area contributed by atoms with Crippen LogP contribution in [0.3, 0.4) is 0 Å². The SMILES string of the molecule is O=S(O)O.O=S(O)O.[SiH4]. The lowest BCUT2D eigenvalue weighted by atomic mass is 15.8. The Bertz CT molecular complexity index is 69.1. The fourth-order valence-corrected chi connectivity index (χ4v) is 0. The predicted octanol–water partition coefficient (Wildman–Crippen LogP) is -2.09. The average molecular weight is 196 g/mol. The van der Waals surface area contributed by atoms with Crippen LogP contribution in [0.2, 0.25) is 0 Å². The fraction of sp³-hybridized carbons (Fsp3) is 0. The Morgan fingerprint density at radius 2 is 0.778 bits per heavy atom. The lowest BCUT2D eigenvalue weighted by Gasteiger charge is -1.59. The summed E-state index contributed by atoms with van der Waals surface area (Å²) in [6, 6.07) is 0. The maximum absolute atomic E-state index is 8.67. The number of rotatable bonds is 0. The van der Waals surface area contributed by atoms with Gasteiger partial charge in [-0.2, -0.15) is 8.42 Å². The molecular formula is H8O6S2Si. The Hall–Kier alpha value is 0.357. The lowest BCUT2D eigenvalue weighted by molar-refractivity contribution is 0.452. The van der Waals surface area contributed by atoms with Crippen molar-refractivity contribution in [1.82, 2.24) is 0 Å². The highest BCUT2D eigenvalue weighted by atomic mass is 32.2. The second-order valence-electron chi connectivity index (χ2n) is 0.461. The first-order valence-corrected chi connectivity index (χ1v) is 3.19. The van der Waals surface area contributed by atoms with Crippen molar-refractivity contribution in [2.45, 2.75) is 0 Å². The van der Waals surface area contributed by atoms with E-state index in [0.29, 0.717) is 0 Å². The molecule has 0 aliphatic carbocycles. The van der Waals surface area contributed by atoms with Crippen LogP contribution in [0.5, 0.6) is 0 Å². The van der Waals surface area contributed by atoms with Gasteiger partial charge in [0.15, 0.2) is 0 Å². The summed E-state index contributed by atoms with van der Waals surface area (Å²) in [6.07, 6.45) is 0. The molecule has 0 saturated heterocycles. The van der Waals surface area contributed by atoms with Crippen molar-refractivity contribution in [3.8, 4) is 0 Å². The minimum atomic E-state index is -2.61. The minimum absolute atomic E-state index is 0. The van der Waals surface area contributed by atoms with Gasteiger partial charge >= 0.3 is 0 Å². The van der Waals surface area contributed by atoms with Gasteiger partial charge in [0.25, 0.3) is 22.7 Å². The van der Waals surface area contributed by atoms with Crippen LogP contribution in [-0.2, 0) is 22.7 Å². The Kier molecular flexibility index (Phi) is 20.1. The third-order valence-corrected chi connectivity index (χ3v) is 0. The van der Waals surface area contributed by atoms with Gasteiger partial charge in [-0.15, -0.1) is 0 Å². The summed E-state index contributed by atoms with van der Waals surface area (Å²) in [6.45, 7) is 0. The molecule has 0 radical (unpaired) electrons. The van der Waals surface area contributed by atoms with Crippen molar-refractivity contribution in [1.29, 1.82) is 0 Å². The zero-order valence-electron chi connectivity index (χ0n) is 3.42. The van der Waals surface area contributed by atoms with Gasteiger partial charge in [0.05, 0.1) is 0 Å². The van der Waals surface area contributed by atoms with Crippen LogP contribution in [0.1, 0.15) is 0 Å². The van der Waals surface area contributed by atoms with Crippen molar-refractivity contribution in [2.24, 2.45) is 0 Å². The molecule has 0 heterocycles. The van der Waals surface area contributed by atoms with Gasteiger partial charge in [-0.05, 0) is 11.0 Å². The van der Waals surface area contributed by atoms with E-state index in [1.54, 1.807) is 0 Å². The lowest BCUT2D eigenvalue weighted by Crippen LogP contribution is -1.74. The van der Waals surface area contributed by atoms with Crippen molar-refractivity contribution >= 4 is 33.7 Å². The molecule has 6 nitrogen and oxygen atoms in total. The smallest absolute Gasteiger partial charge is 0.284 e. The molecule has 0 atom stereocenters. The molecule has 0 aromatic heterocycles. The Morgan fingerprint density at radius 1 is 0.778 bits per heavy atom. The largest absolute Gasteiger partial charge is 0.299 e. The van der Waals surface area contributed by atoms with E-state index >= 15 is 0 Å². The van der Waals surface area contributed by atoms with Crippen molar-refractivity contribution < 1.29 is 26.6 Å². The fourth-order valence-electron chi connectivity index (χ4n) is 0. The summed E-state index contributed by atoms with van der Waals surface area (Å²) in [5.41, 5.74) is 0. The van der Waals surface area contributed by atoms with E-state index in [2.05, 4.69) is 0 Å². The molecule has 0 amide bonds.